The Morgan fingerprint density at radius 1 is 0.509 bits per heavy atom. The Bertz CT molecular complexity index is 4300. The largest absolute Gasteiger partial charge is 0.508 e. The van der Waals surface area contributed by atoms with E-state index in [1.54, 1.807) is 4.72 Å². The lowest BCUT2D eigenvalue weighted by Gasteiger charge is -2.50. The van der Waals surface area contributed by atoms with Gasteiger partial charge in [0, 0.05) is 54.1 Å². The number of aromatic hydroxyl groups is 1. The Hall–Kier alpha value is -8.05. The molecule has 7 heterocycles. The average molecular weight is 1670 g/mol. The van der Waals surface area contributed by atoms with Gasteiger partial charge in [0.25, 0.3) is 0 Å². The third kappa shape index (κ3) is 19.6. The van der Waals surface area contributed by atoms with Crippen LogP contribution in [0.3, 0.4) is 0 Å². The van der Waals surface area contributed by atoms with Crippen molar-refractivity contribution in [1.29, 1.82) is 0 Å². The van der Waals surface area contributed by atoms with Crippen molar-refractivity contribution in [1.82, 2.24) is 26.2 Å². The molecule has 7 aliphatic heterocycles. The van der Waals surface area contributed by atoms with Crippen molar-refractivity contribution in [3.63, 3.8) is 0 Å². The van der Waals surface area contributed by atoms with Gasteiger partial charge in [-0.1, -0.05) is 13.0 Å². The van der Waals surface area contributed by atoms with E-state index in [1.807, 2.05) is 0 Å². The molecule has 0 spiro atoms. The number of aliphatic hydroxyl groups is 12. The molecule has 4 amide bonds. The molecule has 114 heavy (non-hydrogen) atoms. The van der Waals surface area contributed by atoms with Crippen molar-refractivity contribution >= 4 is 86.2 Å². The van der Waals surface area contributed by atoms with Gasteiger partial charge in [0.2, 0.25) is 23.6 Å². The molecule has 24 N–H and O–H groups in total. The molecule has 1 aliphatic carbocycles. The van der Waals surface area contributed by atoms with Crippen molar-refractivity contribution in [2.24, 2.45) is 5.92 Å². The van der Waals surface area contributed by atoms with E-state index in [9.17, 15) is 143 Å². The fourth-order valence-electron chi connectivity index (χ4n) is 13.7. The molecule has 47 nitrogen and oxygen atoms in total. The van der Waals surface area contributed by atoms with Crippen LogP contribution in [0, 0.1) is 5.92 Å². The standard InChI is InChI=1S/C65H82N6O41S2/c1-18-39(81)43(85)53(58(92)93)110-61(18)105-49-37(66-19(2)75)62(103-31(14-73)41(49)83)108-52-45(87)47(89)65(112-55(52)60(96)97)107-50-38(67-20(3)76)63(104-32(15-74)42(50)84)109-51-44(86)46(88)64(111-54(51)59(94)95)106-48-36(71-114(98,99)100)56(102-30(13-72)40(48)82)70-69-34(80)17-113-16-33(79)68-21-4-7-24(27(10-21)57(90)91)35-25-8-5-22(77)11-28(25)101-29-12-23(78)6-9-26(29)35/h4-12,18,30-32,36-56,61-65,70-74,77,81-89H,13-17H2,1-3H3,(H,66,75)(H,67,76)(H,68,79)(H,69,80)(H,90,91)(H,92,93)(H,94,95)(H,96,97)(H,98,99,100)/t18-,30-,31-,32-,36-,37-,38-,39-,40-,41-,42-,43+,44-,45-,46-,47-,48-,49-,50-,51+,52+,53+,54-,55-,56?,61-,62+,63+,64-,65-/m1/s1. The third-order valence-electron chi connectivity index (χ3n) is 19.1. The van der Waals surface area contributed by atoms with E-state index < -0.39 is 278 Å². The lowest BCUT2D eigenvalue weighted by Crippen LogP contribution is -2.72. The summed E-state index contributed by atoms with van der Waals surface area (Å²) in [6.07, 6.45) is -58.7. The molecule has 6 fully saturated rings. The highest BCUT2D eigenvalue weighted by Gasteiger charge is 2.60. The Morgan fingerprint density at radius 3 is 1.47 bits per heavy atom. The molecule has 0 saturated carbocycles. The SMILES string of the molecule is CC(=O)N[C@H]1[C@H](O[C@H]2[C@H](O)[C@@H](O)[C@H](O[C@H]3[C@H](O)[C@@H](CO)O[C@@H](O[C@H]4[C@H](O)[C@@H](O)[C@H](O[C@H]5[C@H](O)[C@@H](CO)OC(NNC(=O)CSCC(=O)Nc6ccc(-c7c8ccc(=O)cc-8oc8cc(O)ccc78)c(C(=O)O)c6)[C@@H]5NS(=O)(=O)O)O[C@H]4C(=O)O)[C@@H]3NC(C)=O)O[C@H]2C(=O)O)O[C@H](CO)[C@@H](O)[C@@H]1O[C@@H]1O[C@H](C(=O)O)[C@@H](O)[C@H](O)[C@H]1C. The minimum absolute atomic E-state index is 0.0208. The van der Waals surface area contributed by atoms with E-state index in [1.165, 1.54) is 55.5 Å². The number of amides is 4. The highest BCUT2D eigenvalue weighted by molar-refractivity contribution is 8.00. The predicted molar refractivity (Wildman–Crippen MR) is 368 cm³/mol. The van der Waals surface area contributed by atoms with Crippen molar-refractivity contribution < 1.29 is 195 Å². The van der Waals surface area contributed by atoms with Crippen LogP contribution in [-0.4, -0.2) is 356 Å². The molecule has 0 aromatic heterocycles. The van der Waals surface area contributed by atoms with E-state index in [0.29, 0.717) is 28.3 Å². The Morgan fingerprint density at radius 2 is 0.982 bits per heavy atom. The normalized spacial score (nSPS) is 36.0. The minimum atomic E-state index is -5.49. The number of nitrogens with one attached hydrogen (secondary N) is 6. The maximum Gasteiger partial charge on any atom is 0.336 e. The van der Waals surface area contributed by atoms with Gasteiger partial charge in [0.1, 0.15) is 133 Å². The summed E-state index contributed by atoms with van der Waals surface area (Å²) in [6.45, 7) is -0.504. The smallest absolute Gasteiger partial charge is 0.336 e. The van der Waals surface area contributed by atoms with Gasteiger partial charge in [-0.15, -0.1) is 11.8 Å². The van der Waals surface area contributed by atoms with Gasteiger partial charge in [-0.3, -0.25) is 34.0 Å². The second-order valence-electron chi connectivity index (χ2n) is 27.0. The Labute approximate surface area is 644 Å². The van der Waals surface area contributed by atoms with E-state index in [-0.39, 0.29) is 33.9 Å². The lowest BCUT2D eigenvalue weighted by molar-refractivity contribution is -0.375. The number of hydrazine groups is 1. The zero-order valence-electron chi connectivity index (χ0n) is 59.3. The van der Waals surface area contributed by atoms with E-state index in [4.69, 9.17) is 56.5 Å². The summed E-state index contributed by atoms with van der Waals surface area (Å²) in [7, 11) is -5.49. The fourth-order valence-corrected chi connectivity index (χ4v) is 14.9. The lowest BCUT2D eigenvalue weighted by atomic mass is 9.90. The molecule has 49 heteroatoms. The highest BCUT2D eigenvalue weighted by atomic mass is 32.2. The number of phenols is 1. The maximum atomic E-state index is 13.3. The Balaban J connectivity index is 0.805. The second kappa shape index (κ2) is 37.1. The first kappa shape index (κ1) is 88.3. The number of thioether (sulfide) groups is 1. The zero-order valence-corrected chi connectivity index (χ0v) is 60.9. The zero-order chi connectivity index (χ0) is 83.5. The first-order valence-electron chi connectivity index (χ1n) is 34.4. The molecule has 2 aromatic rings. The minimum Gasteiger partial charge on any atom is -0.508 e. The van der Waals surface area contributed by atoms with Crippen LogP contribution in [-0.2, 0) is 96.0 Å². The number of carboxylic acids is 4. The molecule has 30 atom stereocenters. The number of aliphatic carboxylic acids is 3. The number of hydrogen-bond acceptors (Lipinski definition) is 38. The first-order chi connectivity index (χ1) is 53.7. The van der Waals surface area contributed by atoms with Crippen LogP contribution < -0.4 is 37.0 Å². The van der Waals surface area contributed by atoms with E-state index >= 15 is 0 Å². The number of carboxylic acid groups (broad SMARTS) is 4. The highest BCUT2D eigenvalue weighted by Crippen LogP contribution is 2.44. The van der Waals surface area contributed by atoms with Gasteiger partial charge in [-0.25, -0.2) is 24.6 Å². The third-order valence-corrected chi connectivity index (χ3v) is 20.6. The van der Waals surface area contributed by atoms with Crippen LogP contribution >= 0.6 is 11.8 Å². The summed E-state index contributed by atoms with van der Waals surface area (Å²) in [5, 5.41) is 193. The van der Waals surface area contributed by atoms with Crippen LogP contribution in [0.1, 0.15) is 31.1 Å². The van der Waals surface area contributed by atoms with Crippen molar-refractivity contribution in [2.45, 2.75) is 199 Å². The number of carbonyl (C=O) groups is 8. The number of phenolic OH excluding ortho intramolecular Hbond substituents is 1. The van der Waals surface area contributed by atoms with Gasteiger partial charge < -0.3 is 159 Å². The van der Waals surface area contributed by atoms with E-state index in [0.717, 1.165) is 19.9 Å². The maximum absolute atomic E-state index is 13.3. The molecular formula is C65H82N6O41S2. The molecule has 630 valence electrons. The summed E-state index contributed by atoms with van der Waals surface area (Å²) in [4.78, 5) is 116. The topological polar surface area (TPSA) is 739 Å². The summed E-state index contributed by atoms with van der Waals surface area (Å²) >= 11 is 0.663. The molecule has 2 aromatic carbocycles. The fraction of sp³-hybridized carbons (Fsp3) is 0.585. The van der Waals surface area contributed by atoms with Crippen LogP contribution in [0.15, 0.2) is 63.8 Å². The molecule has 1 unspecified atom stereocenters. The average Bonchev–Trinajstić information content (AvgIpc) is 0.750. The Kier molecular flexibility index (Phi) is 28.7. The van der Waals surface area contributed by atoms with Crippen molar-refractivity contribution in [3.8, 4) is 28.2 Å². The van der Waals surface area contributed by atoms with Gasteiger partial charge in [0.15, 0.2) is 55.2 Å². The first-order valence-corrected chi connectivity index (χ1v) is 37.0. The molecular weight excluding hydrogens is 1580 g/mol. The second-order valence-corrected chi connectivity index (χ2v) is 29.2. The van der Waals surface area contributed by atoms with Gasteiger partial charge >= 0.3 is 34.2 Å². The summed E-state index contributed by atoms with van der Waals surface area (Å²) in [6, 6.07) is 5.60. The van der Waals surface area contributed by atoms with Crippen LogP contribution in [0.2, 0.25) is 0 Å². The number of rotatable bonds is 29. The number of fused-ring (bicyclic) bond motifs is 2. The number of hydrogen-bond donors (Lipinski definition) is 24. The summed E-state index contributed by atoms with van der Waals surface area (Å²) in [5.74, 6) is -13.6. The molecule has 0 bridgehead atoms. The van der Waals surface area contributed by atoms with Gasteiger partial charge in [-0.2, -0.15) is 13.1 Å². The number of aromatic carboxylic acids is 1. The number of benzene rings is 3. The number of carbonyl (C=O) groups excluding carboxylic acids is 4. The summed E-state index contributed by atoms with van der Waals surface area (Å²) < 4.78 is 106. The van der Waals surface area contributed by atoms with Gasteiger partial charge in [0.05, 0.1) is 49.0 Å². The van der Waals surface area contributed by atoms with Crippen molar-refractivity contribution in [2.75, 3.05) is 36.6 Å². The van der Waals surface area contributed by atoms with Crippen molar-refractivity contribution in [3.05, 3.63) is 70.4 Å². The van der Waals surface area contributed by atoms with Crippen LogP contribution in [0.25, 0.3) is 33.4 Å². The number of aliphatic hydroxyl groups excluding tert-OH is 12. The number of ether oxygens (including phenoxy) is 11. The monoisotopic (exact) mass is 1670 g/mol. The number of anilines is 1. The summed E-state index contributed by atoms with van der Waals surface area (Å²) in [5.41, 5.74) is 4.50. The van der Waals surface area contributed by atoms with Crippen LogP contribution in [0.4, 0.5) is 5.69 Å². The van der Waals surface area contributed by atoms with E-state index in [2.05, 4.69) is 26.8 Å². The molecule has 8 aliphatic rings. The van der Waals surface area contributed by atoms with Gasteiger partial charge in [-0.05, 0) is 42.0 Å². The van der Waals surface area contributed by atoms with Crippen LogP contribution in [0.5, 0.6) is 5.75 Å². The quantitative estimate of drug-likeness (QED) is 0.0136. The molecule has 0 radical (unpaired) electrons. The molecule has 6 saturated heterocycles. The molecule has 10 rings (SSSR count). The predicted octanol–water partition coefficient (Wildman–Crippen LogP) is -9.58.